The number of amides is 3. The standard InChI is InChI=1S/C15H11F4N3O2/c16-10-6-5-8(15(17,18)19)7-12(10)22-14(24)21-11-4-2-1-3-9(11)13(20)23/h1-7H,(H2,20,23)(H2,21,22,24). The lowest BCUT2D eigenvalue weighted by molar-refractivity contribution is -0.137. The molecule has 3 amide bonds. The molecule has 0 aromatic heterocycles. The number of nitrogens with two attached hydrogens (primary N) is 1. The van der Waals surface area contributed by atoms with Gasteiger partial charge < -0.3 is 16.4 Å². The van der Waals surface area contributed by atoms with E-state index < -0.39 is 35.2 Å². The fraction of sp³-hybridized carbons (Fsp3) is 0.0667. The lowest BCUT2D eigenvalue weighted by atomic mass is 10.1. The molecule has 0 heterocycles. The van der Waals surface area contributed by atoms with E-state index in [-0.39, 0.29) is 11.3 Å². The van der Waals surface area contributed by atoms with E-state index in [2.05, 4.69) is 5.32 Å². The summed E-state index contributed by atoms with van der Waals surface area (Å²) in [6.07, 6.45) is -4.68. The highest BCUT2D eigenvalue weighted by molar-refractivity contribution is 6.06. The van der Waals surface area contributed by atoms with Crippen LogP contribution in [0.25, 0.3) is 0 Å². The Morgan fingerprint density at radius 3 is 2.21 bits per heavy atom. The number of rotatable bonds is 3. The van der Waals surface area contributed by atoms with Crippen LogP contribution < -0.4 is 16.4 Å². The van der Waals surface area contributed by atoms with Crippen LogP contribution in [0.5, 0.6) is 0 Å². The van der Waals surface area contributed by atoms with Gasteiger partial charge in [0.05, 0.1) is 22.5 Å². The van der Waals surface area contributed by atoms with Crippen LogP contribution in [0.1, 0.15) is 15.9 Å². The Kier molecular flexibility index (Phi) is 4.72. The number of carbonyl (C=O) groups excluding carboxylic acids is 2. The van der Waals surface area contributed by atoms with Crippen LogP contribution in [-0.4, -0.2) is 11.9 Å². The first-order valence-corrected chi connectivity index (χ1v) is 6.52. The first-order chi connectivity index (χ1) is 11.2. The summed E-state index contributed by atoms with van der Waals surface area (Å²) in [5, 5.41) is 4.19. The first kappa shape index (κ1) is 17.3. The summed E-state index contributed by atoms with van der Waals surface area (Å²) in [6, 6.07) is 6.32. The Morgan fingerprint density at radius 1 is 0.958 bits per heavy atom. The quantitative estimate of drug-likeness (QED) is 0.746. The van der Waals surface area contributed by atoms with E-state index in [1.807, 2.05) is 5.32 Å². The van der Waals surface area contributed by atoms with Crippen LogP contribution >= 0.6 is 0 Å². The fourth-order valence-corrected chi connectivity index (χ4v) is 1.88. The van der Waals surface area contributed by atoms with E-state index in [4.69, 9.17) is 5.73 Å². The summed E-state index contributed by atoms with van der Waals surface area (Å²) in [7, 11) is 0. The van der Waals surface area contributed by atoms with Crippen LogP contribution in [0.3, 0.4) is 0 Å². The van der Waals surface area contributed by atoms with Crippen LogP contribution in [0.4, 0.5) is 33.7 Å². The molecule has 0 spiro atoms. The van der Waals surface area contributed by atoms with Crippen LogP contribution in [0.2, 0.25) is 0 Å². The maximum absolute atomic E-state index is 13.6. The molecule has 0 bridgehead atoms. The molecule has 2 aromatic rings. The van der Waals surface area contributed by atoms with Gasteiger partial charge in [0, 0.05) is 0 Å². The van der Waals surface area contributed by atoms with Gasteiger partial charge in [0.15, 0.2) is 0 Å². The molecule has 0 aliphatic heterocycles. The molecule has 4 N–H and O–H groups in total. The van der Waals surface area contributed by atoms with Gasteiger partial charge in [0.25, 0.3) is 5.91 Å². The molecule has 0 radical (unpaired) electrons. The highest BCUT2D eigenvalue weighted by Crippen LogP contribution is 2.31. The van der Waals surface area contributed by atoms with Crippen molar-refractivity contribution >= 4 is 23.3 Å². The summed E-state index contributed by atoms with van der Waals surface area (Å²) in [5.41, 5.74) is 3.41. The monoisotopic (exact) mass is 341 g/mol. The number of anilines is 2. The number of halogens is 4. The van der Waals surface area contributed by atoms with Crippen LogP contribution in [0, 0.1) is 5.82 Å². The van der Waals surface area contributed by atoms with Crippen molar-refractivity contribution in [2.45, 2.75) is 6.18 Å². The highest BCUT2D eigenvalue weighted by atomic mass is 19.4. The highest BCUT2D eigenvalue weighted by Gasteiger charge is 2.31. The molecule has 0 saturated heterocycles. The molecule has 2 aromatic carbocycles. The number of alkyl halides is 3. The second-order valence-corrected chi connectivity index (χ2v) is 4.68. The van der Waals surface area contributed by atoms with Gasteiger partial charge in [0.2, 0.25) is 0 Å². The van der Waals surface area contributed by atoms with Crippen molar-refractivity contribution in [2.24, 2.45) is 5.73 Å². The Bertz CT molecular complexity index is 791. The number of benzene rings is 2. The van der Waals surface area contributed by atoms with E-state index in [0.29, 0.717) is 18.2 Å². The van der Waals surface area contributed by atoms with Gasteiger partial charge in [-0.2, -0.15) is 13.2 Å². The maximum atomic E-state index is 13.6. The van der Waals surface area contributed by atoms with Gasteiger partial charge in [-0.15, -0.1) is 0 Å². The largest absolute Gasteiger partial charge is 0.416 e. The van der Waals surface area contributed by atoms with Crippen molar-refractivity contribution < 1.29 is 27.2 Å². The average Bonchev–Trinajstić information content (AvgIpc) is 2.48. The second-order valence-electron chi connectivity index (χ2n) is 4.68. The number of carbonyl (C=O) groups is 2. The minimum atomic E-state index is -4.68. The van der Waals surface area contributed by atoms with Gasteiger partial charge in [-0.25, -0.2) is 9.18 Å². The third-order valence-corrected chi connectivity index (χ3v) is 2.98. The Balaban J connectivity index is 2.21. The molecule has 0 saturated carbocycles. The maximum Gasteiger partial charge on any atom is 0.416 e. The molecular weight excluding hydrogens is 330 g/mol. The fourth-order valence-electron chi connectivity index (χ4n) is 1.88. The molecule has 0 unspecified atom stereocenters. The van der Waals surface area contributed by atoms with Gasteiger partial charge in [-0.05, 0) is 30.3 Å². The summed E-state index contributed by atoms with van der Waals surface area (Å²) in [5.74, 6) is -1.85. The molecular formula is C15H11F4N3O2. The zero-order valence-corrected chi connectivity index (χ0v) is 11.9. The van der Waals surface area contributed by atoms with E-state index >= 15 is 0 Å². The van der Waals surface area contributed by atoms with Crippen molar-refractivity contribution in [2.75, 3.05) is 10.6 Å². The van der Waals surface area contributed by atoms with Crippen molar-refractivity contribution in [1.82, 2.24) is 0 Å². The number of para-hydroxylation sites is 1. The zero-order chi connectivity index (χ0) is 17.9. The Hall–Kier alpha value is -3.10. The van der Waals surface area contributed by atoms with Crippen molar-refractivity contribution in [3.8, 4) is 0 Å². The third-order valence-electron chi connectivity index (χ3n) is 2.98. The van der Waals surface area contributed by atoms with Gasteiger partial charge in [-0.1, -0.05) is 12.1 Å². The molecule has 0 aliphatic carbocycles. The summed E-state index contributed by atoms with van der Waals surface area (Å²) < 4.78 is 51.5. The predicted octanol–water partition coefficient (Wildman–Crippen LogP) is 3.59. The predicted molar refractivity (Wildman–Crippen MR) is 79.0 cm³/mol. The number of hydrogen-bond acceptors (Lipinski definition) is 2. The third kappa shape index (κ3) is 4.00. The summed E-state index contributed by atoms with van der Waals surface area (Å²) in [6.45, 7) is 0. The van der Waals surface area contributed by atoms with E-state index in [9.17, 15) is 27.2 Å². The van der Waals surface area contributed by atoms with E-state index in [1.165, 1.54) is 24.3 Å². The van der Waals surface area contributed by atoms with Crippen molar-refractivity contribution in [3.63, 3.8) is 0 Å². The molecule has 0 fully saturated rings. The van der Waals surface area contributed by atoms with Crippen LogP contribution in [0.15, 0.2) is 42.5 Å². The molecule has 126 valence electrons. The molecule has 0 aliphatic rings. The second kappa shape index (κ2) is 6.57. The smallest absolute Gasteiger partial charge is 0.366 e. The minimum Gasteiger partial charge on any atom is -0.366 e. The van der Waals surface area contributed by atoms with E-state index in [0.717, 1.165) is 0 Å². The number of hydrogen-bond donors (Lipinski definition) is 3. The zero-order valence-electron chi connectivity index (χ0n) is 11.9. The Labute approximate surface area is 133 Å². The van der Waals surface area contributed by atoms with Gasteiger partial charge in [-0.3, -0.25) is 4.79 Å². The average molecular weight is 341 g/mol. The molecule has 5 nitrogen and oxygen atoms in total. The topological polar surface area (TPSA) is 84.2 Å². The van der Waals surface area contributed by atoms with Crippen molar-refractivity contribution in [1.29, 1.82) is 0 Å². The normalized spacial score (nSPS) is 11.0. The lowest BCUT2D eigenvalue weighted by Gasteiger charge is -2.12. The molecule has 9 heteroatoms. The molecule has 24 heavy (non-hydrogen) atoms. The number of urea groups is 1. The molecule has 0 atom stereocenters. The molecule has 2 rings (SSSR count). The summed E-state index contributed by atoms with van der Waals surface area (Å²) >= 11 is 0. The number of nitrogens with one attached hydrogen (secondary N) is 2. The first-order valence-electron chi connectivity index (χ1n) is 6.52. The minimum absolute atomic E-state index is 0.00263. The van der Waals surface area contributed by atoms with Crippen molar-refractivity contribution in [3.05, 3.63) is 59.4 Å². The van der Waals surface area contributed by atoms with Gasteiger partial charge >= 0.3 is 12.2 Å². The van der Waals surface area contributed by atoms with Gasteiger partial charge in [0.1, 0.15) is 5.82 Å². The van der Waals surface area contributed by atoms with E-state index in [1.54, 1.807) is 0 Å². The van der Waals surface area contributed by atoms with Crippen LogP contribution in [-0.2, 0) is 6.18 Å². The number of primary amides is 1. The summed E-state index contributed by atoms with van der Waals surface area (Å²) in [4.78, 5) is 23.1. The Morgan fingerprint density at radius 2 is 1.58 bits per heavy atom. The SMILES string of the molecule is NC(=O)c1ccccc1NC(=O)Nc1cc(C(F)(F)F)ccc1F. The lowest BCUT2D eigenvalue weighted by Crippen LogP contribution is -2.23.